The molecular weight excluding hydrogens is 316 g/mol. The first-order chi connectivity index (χ1) is 10.8. The molecule has 2 aromatic carbocycles. The highest BCUT2D eigenvalue weighted by molar-refractivity contribution is 7.89. The summed E-state index contributed by atoms with van der Waals surface area (Å²) in [6.07, 6.45) is 0. The molecule has 0 fully saturated rings. The van der Waals surface area contributed by atoms with E-state index in [1.54, 1.807) is 50.4 Å². The number of ether oxygens (including phenoxy) is 1. The fourth-order valence-electron chi connectivity index (χ4n) is 2.07. The second-order valence-electron chi connectivity index (χ2n) is 5.04. The Balaban J connectivity index is 2.14. The average Bonchev–Trinajstić information content (AvgIpc) is 2.54. The number of carbonyl (C=O) groups is 1. The quantitative estimate of drug-likeness (QED) is 0.871. The lowest BCUT2D eigenvalue weighted by Gasteiger charge is -2.15. The summed E-state index contributed by atoms with van der Waals surface area (Å²) in [6, 6.07) is 12.5. The number of methoxy groups -OCH3 is 1. The van der Waals surface area contributed by atoms with Crippen LogP contribution in [0, 0.1) is 0 Å². The van der Waals surface area contributed by atoms with Crippen LogP contribution in [0.5, 0.6) is 5.75 Å². The first-order valence-corrected chi connectivity index (χ1v) is 8.43. The van der Waals surface area contributed by atoms with Crippen molar-refractivity contribution in [3.63, 3.8) is 0 Å². The van der Waals surface area contributed by atoms with Crippen molar-refractivity contribution in [1.29, 1.82) is 0 Å². The van der Waals surface area contributed by atoms with Crippen molar-refractivity contribution in [1.82, 2.24) is 5.32 Å². The van der Waals surface area contributed by atoms with Gasteiger partial charge in [0.25, 0.3) is 5.91 Å². The van der Waals surface area contributed by atoms with Gasteiger partial charge in [-0.05, 0) is 48.9 Å². The molecular formula is C16H18N2O4S. The normalized spacial score (nSPS) is 12.5. The SMILES string of the molecule is COc1ccc(C(=O)NC(C)c2cccc(S(N)(=O)=O)c2)cc1. The third-order valence-corrected chi connectivity index (χ3v) is 4.30. The predicted molar refractivity (Wildman–Crippen MR) is 86.7 cm³/mol. The number of nitrogens with two attached hydrogens (primary N) is 1. The molecule has 0 aromatic heterocycles. The van der Waals surface area contributed by atoms with E-state index in [-0.39, 0.29) is 16.8 Å². The number of nitrogens with one attached hydrogen (secondary N) is 1. The van der Waals surface area contributed by atoms with Crippen LogP contribution >= 0.6 is 0 Å². The topological polar surface area (TPSA) is 98.5 Å². The summed E-state index contributed by atoms with van der Waals surface area (Å²) in [4.78, 5) is 12.2. The first kappa shape index (κ1) is 17.0. The molecule has 23 heavy (non-hydrogen) atoms. The minimum absolute atomic E-state index is 0.0144. The minimum Gasteiger partial charge on any atom is -0.497 e. The molecule has 0 aliphatic rings. The van der Waals surface area contributed by atoms with Gasteiger partial charge in [0.1, 0.15) is 5.75 Å². The number of amides is 1. The van der Waals surface area contributed by atoms with Crippen LogP contribution in [-0.2, 0) is 10.0 Å². The zero-order valence-electron chi connectivity index (χ0n) is 12.8. The Hall–Kier alpha value is -2.38. The lowest BCUT2D eigenvalue weighted by Crippen LogP contribution is -2.26. The Bertz CT molecular complexity index is 801. The average molecular weight is 334 g/mol. The van der Waals surface area contributed by atoms with Gasteiger partial charge in [-0.2, -0.15) is 0 Å². The lowest BCUT2D eigenvalue weighted by atomic mass is 10.1. The molecule has 6 nitrogen and oxygen atoms in total. The first-order valence-electron chi connectivity index (χ1n) is 6.89. The van der Waals surface area contributed by atoms with E-state index in [4.69, 9.17) is 9.88 Å². The second kappa shape index (κ2) is 6.80. The van der Waals surface area contributed by atoms with Gasteiger partial charge >= 0.3 is 0 Å². The van der Waals surface area contributed by atoms with Gasteiger partial charge in [0.05, 0.1) is 18.0 Å². The minimum atomic E-state index is -3.77. The number of primary sulfonamides is 1. The highest BCUT2D eigenvalue weighted by atomic mass is 32.2. The summed E-state index contributed by atoms with van der Waals surface area (Å²) in [5, 5.41) is 7.93. The Kier molecular flexibility index (Phi) is 5.02. The van der Waals surface area contributed by atoms with Crippen LogP contribution in [-0.4, -0.2) is 21.4 Å². The number of hydrogen-bond acceptors (Lipinski definition) is 4. The molecule has 122 valence electrons. The standard InChI is InChI=1S/C16H18N2O4S/c1-11(13-4-3-5-15(10-13)23(17,20)21)18-16(19)12-6-8-14(22-2)9-7-12/h3-11H,1-2H3,(H,18,19)(H2,17,20,21). The molecule has 0 aliphatic carbocycles. The monoisotopic (exact) mass is 334 g/mol. The lowest BCUT2D eigenvalue weighted by molar-refractivity contribution is 0.0940. The van der Waals surface area contributed by atoms with Crippen LogP contribution in [0.4, 0.5) is 0 Å². The summed E-state index contributed by atoms with van der Waals surface area (Å²) in [5.41, 5.74) is 1.14. The van der Waals surface area contributed by atoms with E-state index in [0.717, 1.165) is 0 Å². The zero-order chi connectivity index (χ0) is 17.0. The summed E-state index contributed by atoms with van der Waals surface area (Å²) in [5.74, 6) is 0.400. The smallest absolute Gasteiger partial charge is 0.251 e. The van der Waals surface area contributed by atoms with Crippen LogP contribution in [0.25, 0.3) is 0 Å². The van der Waals surface area contributed by atoms with E-state index in [2.05, 4.69) is 5.32 Å². The highest BCUT2D eigenvalue weighted by Gasteiger charge is 2.14. The van der Waals surface area contributed by atoms with E-state index in [0.29, 0.717) is 16.9 Å². The van der Waals surface area contributed by atoms with Gasteiger partial charge in [0, 0.05) is 5.56 Å². The molecule has 2 rings (SSSR count). The van der Waals surface area contributed by atoms with E-state index in [1.807, 2.05) is 0 Å². The molecule has 1 atom stereocenters. The Morgan fingerprint density at radius 3 is 2.39 bits per heavy atom. The molecule has 0 aliphatic heterocycles. The maximum atomic E-state index is 12.2. The number of rotatable bonds is 5. The molecule has 2 aromatic rings. The molecule has 0 saturated carbocycles. The van der Waals surface area contributed by atoms with Crippen LogP contribution in [0.1, 0.15) is 28.9 Å². The number of carbonyl (C=O) groups excluding carboxylic acids is 1. The second-order valence-corrected chi connectivity index (χ2v) is 6.60. The fraction of sp³-hybridized carbons (Fsp3) is 0.188. The van der Waals surface area contributed by atoms with Crippen LogP contribution in [0.3, 0.4) is 0 Å². The highest BCUT2D eigenvalue weighted by Crippen LogP contribution is 2.18. The molecule has 0 radical (unpaired) electrons. The summed E-state index contributed by atoms with van der Waals surface area (Å²) in [7, 11) is -2.22. The molecule has 0 saturated heterocycles. The van der Waals surface area contributed by atoms with Gasteiger partial charge < -0.3 is 10.1 Å². The van der Waals surface area contributed by atoms with Crippen molar-refractivity contribution in [2.24, 2.45) is 5.14 Å². The van der Waals surface area contributed by atoms with Crippen molar-refractivity contribution in [2.45, 2.75) is 17.9 Å². The molecule has 0 spiro atoms. The van der Waals surface area contributed by atoms with E-state index >= 15 is 0 Å². The van der Waals surface area contributed by atoms with Gasteiger partial charge in [0.15, 0.2) is 0 Å². The van der Waals surface area contributed by atoms with E-state index in [1.165, 1.54) is 12.1 Å². The molecule has 1 unspecified atom stereocenters. The maximum Gasteiger partial charge on any atom is 0.251 e. The molecule has 1 amide bonds. The van der Waals surface area contributed by atoms with Gasteiger partial charge in [-0.15, -0.1) is 0 Å². The van der Waals surface area contributed by atoms with Crippen molar-refractivity contribution >= 4 is 15.9 Å². The van der Waals surface area contributed by atoms with Gasteiger partial charge in [-0.3, -0.25) is 4.79 Å². The number of hydrogen-bond donors (Lipinski definition) is 2. The molecule has 0 heterocycles. The van der Waals surface area contributed by atoms with E-state index < -0.39 is 10.0 Å². The zero-order valence-corrected chi connectivity index (χ0v) is 13.6. The largest absolute Gasteiger partial charge is 0.497 e. The fourth-order valence-corrected chi connectivity index (χ4v) is 2.64. The summed E-state index contributed by atoms with van der Waals surface area (Å²) >= 11 is 0. The molecule has 7 heteroatoms. The number of sulfonamides is 1. The van der Waals surface area contributed by atoms with Crippen LogP contribution in [0.2, 0.25) is 0 Å². The third-order valence-electron chi connectivity index (χ3n) is 3.39. The Morgan fingerprint density at radius 1 is 1.17 bits per heavy atom. The van der Waals surface area contributed by atoms with Crippen molar-refractivity contribution in [3.05, 3.63) is 59.7 Å². The van der Waals surface area contributed by atoms with Crippen LogP contribution in [0.15, 0.2) is 53.4 Å². The molecule has 0 bridgehead atoms. The van der Waals surface area contributed by atoms with Crippen molar-refractivity contribution in [2.75, 3.05) is 7.11 Å². The Labute approximate surface area is 135 Å². The predicted octanol–water partition coefficient (Wildman–Crippen LogP) is 1.83. The third kappa shape index (κ3) is 4.30. The summed E-state index contributed by atoms with van der Waals surface area (Å²) < 4.78 is 27.8. The van der Waals surface area contributed by atoms with Gasteiger partial charge in [-0.1, -0.05) is 12.1 Å². The maximum absolute atomic E-state index is 12.2. The van der Waals surface area contributed by atoms with Crippen molar-refractivity contribution < 1.29 is 17.9 Å². The van der Waals surface area contributed by atoms with Crippen molar-refractivity contribution in [3.8, 4) is 5.75 Å². The Morgan fingerprint density at radius 2 is 1.83 bits per heavy atom. The van der Waals surface area contributed by atoms with Gasteiger partial charge in [-0.25, -0.2) is 13.6 Å². The molecule has 3 N–H and O–H groups in total. The number of benzene rings is 2. The van der Waals surface area contributed by atoms with Crippen LogP contribution < -0.4 is 15.2 Å². The van der Waals surface area contributed by atoms with E-state index in [9.17, 15) is 13.2 Å². The summed E-state index contributed by atoms with van der Waals surface area (Å²) in [6.45, 7) is 1.77. The van der Waals surface area contributed by atoms with Gasteiger partial charge in [0.2, 0.25) is 10.0 Å².